The van der Waals surface area contributed by atoms with Gasteiger partial charge in [0, 0.05) is 12.6 Å². The summed E-state index contributed by atoms with van der Waals surface area (Å²) in [4.78, 5) is 10.4. The lowest BCUT2D eigenvalue weighted by Gasteiger charge is -2.11. The van der Waals surface area contributed by atoms with Crippen LogP contribution in [0.5, 0.6) is 5.75 Å². The second-order valence-corrected chi connectivity index (χ2v) is 4.12. The Balaban J connectivity index is 2.27. The number of benzene rings is 1. The van der Waals surface area contributed by atoms with Crippen molar-refractivity contribution in [2.75, 3.05) is 20.2 Å². The van der Waals surface area contributed by atoms with Crippen molar-refractivity contribution in [3.8, 4) is 5.75 Å². The fourth-order valence-corrected chi connectivity index (χ4v) is 1.72. The van der Waals surface area contributed by atoms with Crippen molar-refractivity contribution in [1.29, 1.82) is 0 Å². The number of carbonyl (C=O) groups is 1. The van der Waals surface area contributed by atoms with E-state index in [9.17, 15) is 4.79 Å². The molecule has 0 aromatic heterocycles. The van der Waals surface area contributed by atoms with Crippen molar-refractivity contribution in [2.45, 2.75) is 18.9 Å². The van der Waals surface area contributed by atoms with Gasteiger partial charge in [-0.05, 0) is 24.6 Å². The van der Waals surface area contributed by atoms with Crippen molar-refractivity contribution in [3.63, 3.8) is 0 Å². The van der Waals surface area contributed by atoms with E-state index in [1.807, 2.05) is 24.3 Å². The Hall–Kier alpha value is -1.59. The quantitative estimate of drug-likeness (QED) is 0.591. The number of nitrogens with one attached hydrogen (secondary N) is 1. The van der Waals surface area contributed by atoms with Crippen LogP contribution in [0.2, 0.25) is 0 Å². The summed E-state index contributed by atoms with van der Waals surface area (Å²) >= 11 is 0. The molecule has 0 aliphatic rings. The summed E-state index contributed by atoms with van der Waals surface area (Å²) in [6.45, 7) is 1.25. The molecule has 0 saturated carbocycles. The maximum absolute atomic E-state index is 10.4. The van der Waals surface area contributed by atoms with Crippen molar-refractivity contribution >= 4 is 5.97 Å². The molecule has 5 heteroatoms. The van der Waals surface area contributed by atoms with Gasteiger partial charge in [-0.25, -0.2) is 0 Å². The third-order valence-corrected chi connectivity index (χ3v) is 2.61. The fraction of sp³-hybridized carbons (Fsp3) is 0.462. The molecule has 1 aromatic carbocycles. The molecule has 4 N–H and O–H groups in total. The minimum absolute atomic E-state index is 0.0122. The molecular formula is C13H20N2O3. The zero-order valence-electron chi connectivity index (χ0n) is 10.6. The van der Waals surface area contributed by atoms with Crippen LogP contribution in [0.4, 0.5) is 0 Å². The van der Waals surface area contributed by atoms with Gasteiger partial charge >= 0.3 is 5.97 Å². The monoisotopic (exact) mass is 252 g/mol. The highest BCUT2D eigenvalue weighted by molar-refractivity contribution is 5.67. The smallest absolute Gasteiger partial charge is 0.304 e. The topological polar surface area (TPSA) is 84.6 Å². The van der Waals surface area contributed by atoms with Crippen molar-refractivity contribution < 1.29 is 14.6 Å². The van der Waals surface area contributed by atoms with Gasteiger partial charge in [-0.3, -0.25) is 4.79 Å². The van der Waals surface area contributed by atoms with E-state index >= 15 is 0 Å². The average Bonchev–Trinajstić information content (AvgIpc) is 2.34. The maximum Gasteiger partial charge on any atom is 0.304 e. The normalized spacial score (nSPS) is 12.1. The SMILES string of the molecule is COc1ccccc1CCNCC(N)CC(=O)O. The van der Waals surface area contributed by atoms with Crippen LogP contribution in [-0.2, 0) is 11.2 Å². The molecule has 0 bridgehead atoms. The highest BCUT2D eigenvalue weighted by Crippen LogP contribution is 2.17. The van der Waals surface area contributed by atoms with E-state index in [1.54, 1.807) is 7.11 Å². The third kappa shape index (κ3) is 5.16. The van der Waals surface area contributed by atoms with Gasteiger partial charge in [-0.1, -0.05) is 18.2 Å². The highest BCUT2D eigenvalue weighted by Gasteiger charge is 2.07. The summed E-state index contributed by atoms with van der Waals surface area (Å²) in [6.07, 6.45) is 0.811. The molecule has 1 unspecified atom stereocenters. The Morgan fingerprint density at radius 3 is 2.89 bits per heavy atom. The Bertz CT molecular complexity index is 382. The van der Waals surface area contributed by atoms with E-state index in [4.69, 9.17) is 15.6 Å². The molecule has 0 saturated heterocycles. The van der Waals surface area contributed by atoms with Gasteiger partial charge in [-0.15, -0.1) is 0 Å². The fourth-order valence-electron chi connectivity index (χ4n) is 1.72. The molecule has 0 radical (unpaired) electrons. The molecule has 1 rings (SSSR count). The Morgan fingerprint density at radius 1 is 1.50 bits per heavy atom. The van der Waals surface area contributed by atoms with Gasteiger partial charge in [0.15, 0.2) is 0 Å². The summed E-state index contributed by atoms with van der Waals surface area (Å²) in [5.41, 5.74) is 6.77. The number of methoxy groups -OCH3 is 1. The molecule has 0 fully saturated rings. The zero-order chi connectivity index (χ0) is 13.4. The number of hydrogen-bond donors (Lipinski definition) is 3. The van der Waals surface area contributed by atoms with Crippen LogP contribution in [0.3, 0.4) is 0 Å². The molecule has 0 amide bonds. The molecule has 0 heterocycles. The predicted molar refractivity (Wildman–Crippen MR) is 69.8 cm³/mol. The van der Waals surface area contributed by atoms with Crippen molar-refractivity contribution in [1.82, 2.24) is 5.32 Å². The first kappa shape index (κ1) is 14.5. The Labute approximate surface area is 107 Å². The van der Waals surface area contributed by atoms with Crippen LogP contribution < -0.4 is 15.8 Å². The molecule has 0 aliphatic carbocycles. The zero-order valence-corrected chi connectivity index (χ0v) is 10.6. The van der Waals surface area contributed by atoms with Crippen LogP contribution >= 0.6 is 0 Å². The number of carboxylic acids is 1. The van der Waals surface area contributed by atoms with Crippen LogP contribution in [0.25, 0.3) is 0 Å². The van der Waals surface area contributed by atoms with Crippen LogP contribution in [0.15, 0.2) is 24.3 Å². The van der Waals surface area contributed by atoms with Crippen molar-refractivity contribution in [2.24, 2.45) is 5.73 Å². The highest BCUT2D eigenvalue weighted by atomic mass is 16.5. The van der Waals surface area contributed by atoms with E-state index in [2.05, 4.69) is 5.32 Å². The molecule has 5 nitrogen and oxygen atoms in total. The summed E-state index contributed by atoms with van der Waals surface area (Å²) in [5, 5.41) is 11.7. The minimum atomic E-state index is -0.867. The number of para-hydroxylation sites is 1. The maximum atomic E-state index is 10.4. The van der Waals surface area contributed by atoms with E-state index in [0.29, 0.717) is 6.54 Å². The van der Waals surface area contributed by atoms with E-state index in [-0.39, 0.29) is 12.5 Å². The number of carboxylic acid groups (broad SMARTS) is 1. The van der Waals surface area contributed by atoms with Gasteiger partial charge in [-0.2, -0.15) is 0 Å². The van der Waals surface area contributed by atoms with Crippen LogP contribution in [0, 0.1) is 0 Å². The largest absolute Gasteiger partial charge is 0.496 e. The second kappa shape index (κ2) is 7.68. The average molecular weight is 252 g/mol. The second-order valence-electron chi connectivity index (χ2n) is 4.12. The van der Waals surface area contributed by atoms with Crippen molar-refractivity contribution in [3.05, 3.63) is 29.8 Å². The molecule has 18 heavy (non-hydrogen) atoms. The van der Waals surface area contributed by atoms with Gasteiger partial charge < -0.3 is 20.9 Å². The molecule has 1 atom stereocenters. The predicted octanol–water partition coefficient (Wildman–Crippen LogP) is 0.629. The number of aliphatic carboxylic acids is 1. The Morgan fingerprint density at radius 2 is 2.22 bits per heavy atom. The number of rotatable bonds is 8. The molecule has 1 aromatic rings. The molecule has 100 valence electrons. The first-order valence-corrected chi connectivity index (χ1v) is 5.93. The summed E-state index contributed by atoms with van der Waals surface area (Å²) in [7, 11) is 1.65. The number of hydrogen-bond acceptors (Lipinski definition) is 4. The van der Waals surface area contributed by atoms with E-state index in [1.165, 1.54) is 0 Å². The van der Waals surface area contributed by atoms with E-state index < -0.39 is 5.97 Å². The van der Waals surface area contributed by atoms with Crippen LogP contribution in [0.1, 0.15) is 12.0 Å². The first-order valence-electron chi connectivity index (χ1n) is 5.93. The van der Waals surface area contributed by atoms with Gasteiger partial charge in [0.05, 0.1) is 13.5 Å². The van der Waals surface area contributed by atoms with Gasteiger partial charge in [0.2, 0.25) is 0 Å². The standard InChI is InChI=1S/C13H20N2O3/c1-18-12-5-3-2-4-10(12)6-7-15-9-11(14)8-13(16)17/h2-5,11,15H,6-9,14H2,1H3,(H,16,17). The van der Waals surface area contributed by atoms with E-state index in [0.717, 1.165) is 24.3 Å². The summed E-state index contributed by atoms with van der Waals surface area (Å²) < 4.78 is 5.25. The number of ether oxygens (including phenoxy) is 1. The lowest BCUT2D eigenvalue weighted by molar-refractivity contribution is -0.137. The molecule has 0 aliphatic heterocycles. The first-order chi connectivity index (χ1) is 8.63. The summed E-state index contributed by atoms with van der Waals surface area (Å²) in [5.74, 6) is 0.00293. The van der Waals surface area contributed by atoms with Crippen LogP contribution in [-0.4, -0.2) is 37.3 Å². The lowest BCUT2D eigenvalue weighted by Crippen LogP contribution is -2.36. The molecule has 0 spiro atoms. The Kier molecular flexibility index (Phi) is 6.18. The molecular weight excluding hydrogens is 232 g/mol. The lowest BCUT2D eigenvalue weighted by atomic mass is 10.1. The third-order valence-electron chi connectivity index (χ3n) is 2.61. The van der Waals surface area contributed by atoms with Gasteiger partial charge in [0.1, 0.15) is 5.75 Å². The summed E-state index contributed by atoms with van der Waals surface area (Å²) in [6, 6.07) is 7.48. The minimum Gasteiger partial charge on any atom is -0.496 e. The number of nitrogens with two attached hydrogens (primary N) is 1. The van der Waals surface area contributed by atoms with Gasteiger partial charge in [0.25, 0.3) is 0 Å².